The van der Waals surface area contributed by atoms with Crippen molar-refractivity contribution in [2.45, 2.75) is 44.4 Å². The third kappa shape index (κ3) is 5.11. The van der Waals surface area contributed by atoms with E-state index in [9.17, 15) is 22.4 Å². The number of rotatable bonds is 3. The Morgan fingerprint density at radius 3 is 2.74 bits per heavy atom. The summed E-state index contributed by atoms with van der Waals surface area (Å²) in [5.41, 5.74) is 0.625. The molecule has 2 rings (SSSR count). The summed E-state index contributed by atoms with van der Waals surface area (Å²) in [7, 11) is 1.53. The van der Waals surface area contributed by atoms with Gasteiger partial charge in [-0.3, -0.25) is 0 Å². The van der Waals surface area contributed by atoms with E-state index in [-0.39, 0.29) is 19.4 Å². The molecule has 0 heterocycles. The number of benzene rings is 1. The number of carbonyl (C=O) groups is 1. The molecule has 2 amide bonds. The van der Waals surface area contributed by atoms with E-state index in [1.807, 2.05) is 0 Å². The molecule has 1 fully saturated rings. The van der Waals surface area contributed by atoms with Crippen molar-refractivity contribution in [1.82, 2.24) is 10.2 Å². The maximum atomic E-state index is 13.1. The SMILES string of the molecule is CN(Cc1cccc(F)c1)C(=O)NC1CCCC(C(F)(F)F)C1. The van der Waals surface area contributed by atoms with Crippen LogP contribution in [0.5, 0.6) is 0 Å². The van der Waals surface area contributed by atoms with E-state index in [4.69, 9.17) is 0 Å². The Hall–Kier alpha value is -1.79. The van der Waals surface area contributed by atoms with Crippen molar-refractivity contribution in [3.63, 3.8) is 0 Å². The van der Waals surface area contributed by atoms with Crippen molar-refractivity contribution >= 4 is 6.03 Å². The smallest absolute Gasteiger partial charge is 0.335 e. The predicted molar refractivity (Wildman–Crippen MR) is 78.2 cm³/mol. The van der Waals surface area contributed by atoms with Crippen molar-refractivity contribution in [2.24, 2.45) is 5.92 Å². The number of nitrogens with zero attached hydrogens (tertiary/aromatic N) is 1. The Morgan fingerprint density at radius 2 is 2.09 bits per heavy atom. The summed E-state index contributed by atoms with van der Waals surface area (Å²) < 4.78 is 51.5. The summed E-state index contributed by atoms with van der Waals surface area (Å²) in [6, 6.07) is 4.95. The van der Waals surface area contributed by atoms with Gasteiger partial charge >= 0.3 is 12.2 Å². The molecule has 1 aromatic rings. The molecule has 2 unspecified atom stereocenters. The summed E-state index contributed by atoms with van der Waals surface area (Å²) >= 11 is 0. The monoisotopic (exact) mass is 332 g/mol. The Morgan fingerprint density at radius 1 is 1.35 bits per heavy atom. The van der Waals surface area contributed by atoms with Crippen LogP contribution < -0.4 is 5.32 Å². The van der Waals surface area contributed by atoms with Crippen molar-refractivity contribution in [3.05, 3.63) is 35.6 Å². The molecule has 2 atom stereocenters. The molecule has 0 radical (unpaired) electrons. The van der Waals surface area contributed by atoms with Gasteiger partial charge < -0.3 is 10.2 Å². The normalized spacial score (nSPS) is 21.8. The second-order valence-electron chi connectivity index (χ2n) is 6.04. The van der Waals surface area contributed by atoms with E-state index in [1.165, 1.54) is 24.1 Å². The maximum absolute atomic E-state index is 13.1. The third-order valence-corrected chi connectivity index (χ3v) is 4.12. The number of carbonyl (C=O) groups excluding carboxylic acids is 1. The molecule has 1 N–H and O–H groups in total. The van der Waals surface area contributed by atoms with Gasteiger partial charge in [0.1, 0.15) is 5.82 Å². The van der Waals surface area contributed by atoms with E-state index in [0.717, 1.165) is 0 Å². The van der Waals surface area contributed by atoms with Gasteiger partial charge in [0.05, 0.1) is 5.92 Å². The first-order chi connectivity index (χ1) is 10.8. The second kappa shape index (κ2) is 7.19. The molecule has 3 nitrogen and oxygen atoms in total. The van der Waals surface area contributed by atoms with E-state index in [0.29, 0.717) is 18.4 Å². The maximum Gasteiger partial charge on any atom is 0.391 e. The van der Waals surface area contributed by atoms with Gasteiger partial charge in [-0.2, -0.15) is 13.2 Å². The Bertz CT molecular complexity index is 547. The third-order valence-electron chi connectivity index (χ3n) is 4.12. The molecule has 0 saturated heterocycles. The fourth-order valence-electron chi connectivity index (χ4n) is 2.88. The lowest BCUT2D eigenvalue weighted by molar-refractivity contribution is -0.183. The van der Waals surface area contributed by atoms with Gasteiger partial charge in [-0.1, -0.05) is 18.6 Å². The average molecular weight is 332 g/mol. The number of hydrogen-bond acceptors (Lipinski definition) is 1. The van der Waals surface area contributed by atoms with Gasteiger partial charge in [-0.15, -0.1) is 0 Å². The quantitative estimate of drug-likeness (QED) is 0.831. The van der Waals surface area contributed by atoms with Gasteiger partial charge in [0.25, 0.3) is 0 Å². The zero-order valence-corrected chi connectivity index (χ0v) is 12.9. The highest BCUT2D eigenvalue weighted by Gasteiger charge is 2.42. The van der Waals surface area contributed by atoms with Crippen LogP contribution in [0.3, 0.4) is 0 Å². The van der Waals surface area contributed by atoms with Crippen LogP contribution in [0.2, 0.25) is 0 Å². The Kier molecular flexibility index (Phi) is 5.49. The number of alkyl halides is 3. The Labute approximate surface area is 132 Å². The van der Waals surface area contributed by atoms with Crippen LogP contribution in [-0.4, -0.2) is 30.2 Å². The second-order valence-corrected chi connectivity index (χ2v) is 6.04. The zero-order chi connectivity index (χ0) is 17.0. The van der Waals surface area contributed by atoms with Gasteiger partial charge in [0.15, 0.2) is 0 Å². The molecule has 23 heavy (non-hydrogen) atoms. The van der Waals surface area contributed by atoms with Crippen LogP contribution in [-0.2, 0) is 6.54 Å². The number of amides is 2. The van der Waals surface area contributed by atoms with Crippen LogP contribution in [0.25, 0.3) is 0 Å². The fraction of sp³-hybridized carbons (Fsp3) is 0.562. The van der Waals surface area contributed by atoms with E-state index >= 15 is 0 Å². The summed E-state index contributed by atoms with van der Waals surface area (Å²) in [4.78, 5) is 13.4. The molecule has 0 bridgehead atoms. The average Bonchev–Trinajstić information content (AvgIpc) is 2.46. The Balaban J connectivity index is 1.88. The van der Waals surface area contributed by atoms with Gasteiger partial charge in [-0.25, -0.2) is 9.18 Å². The topological polar surface area (TPSA) is 32.3 Å². The predicted octanol–water partition coefficient (Wildman–Crippen LogP) is 4.09. The van der Waals surface area contributed by atoms with Gasteiger partial charge in [0, 0.05) is 19.6 Å². The minimum Gasteiger partial charge on any atom is -0.335 e. The highest BCUT2D eigenvalue weighted by molar-refractivity contribution is 5.74. The summed E-state index contributed by atoms with van der Waals surface area (Å²) in [6.45, 7) is 0.193. The number of hydrogen-bond donors (Lipinski definition) is 1. The molecule has 1 saturated carbocycles. The molecule has 1 aliphatic carbocycles. The fourth-order valence-corrected chi connectivity index (χ4v) is 2.88. The lowest BCUT2D eigenvalue weighted by atomic mass is 9.85. The molecular weight excluding hydrogens is 312 g/mol. The van der Waals surface area contributed by atoms with Gasteiger partial charge in [0.2, 0.25) is 0 Å². The van der Waals surface area contributed by atoms with Crippen LogP contribution in [0.4, 0.5) is 22.4 Å². The molecule has 1 aliphatic rings. The molecule has 0 aromatic heterocycles. The van der Waals surface area contributed by atoms with E-state index < -0.39 is 30.0 Å². The number of nitrogens with one attached hydrogen (secondary N) is 1. The zero-order valence-electron chi connectivity index (χ0n) is 12.9. The van der Waals surface area contributed by atoms with Crippen LogP contribution in [0.1, 0.15) is 31.2 Å². The number of urea groups is 1. The van der Waals surface area contributed by atoms with Crippen molar-refractivity contribution in [1.29, 1.82) is 0 Å². The summed E-state index contributed by atoms with van der Waals surface area (Å²) in [5, 5.41) is 2.65. The van der Waals surface area contributed by atoms with Crippen LogP contribution in [0, 0.1) is 11.7 Å². The minimum absolute atomic E-state index is 0.0803. The number of halogens is 4. The summed E-state index contributed by atoms with van der Waals surface area (Å²) in [5.74, 6) is -1.74. The highest BCUT2D eigenvalue weighted by Crippen LogP contribution is 2.37. The molecule has 0 spiro atoms. The van der Waals surface area contributed by atoms with E-state index in [2.05, 4.69) is 5.32 Å². The van der Waals surface area contributed by atoms with Crippen LogP contribution >= 0.6 is 0 Å². The molecule has 0 aliphatic heterocycles. The lowest BCUT2D eigenvalue weighted by Crippen LogP contribution is -2.46. The molecule has 128 valence electrons. The lowest BCUT2D eigenvalue weighted by Gasteiger charge is -2.32. The standard InChI is InChI=1S/C16H20F4N2O/c1-22(10-11-4-2-6-13(17)8-11)15(23)21-14-7-3-5-12(9-14)16(18,19)20/h2,4,6,8,12,14H,3,5,7,9-10H2,1H3,(H,21,23). The first-order valence-electron chi connectivity index (χ1n) is 7.58. The van der Waals surface area contributed by atoms with Crippen molar-refractivity contribution in [2.75, 3.05) is 7.05 Å². The molecule has 7 heteroatoms. The van der Waals surface area contributed by atoms with Crippen LogP contribution in [0.15, 0.2) is 24.3 Å². The van der Waals surface area contributed by atoms with Gasteiger partial charge in [-0.05, 0) is 37.0 Å². The minimum atomic E-state index is -4.21. The first-order valence-corrected chi connectivity index (χ1v) is 7.58. The largest absolute Gasteiger partial charge is 0.391 e. The molecular formula is C16H20F4N2O. The molecule has 1 aromatic carbocycles. The van der Waals surface area contributed by atoms with E-state index in [1.54, 1.807) is 12.1 Å². The first kappa shape index (κ1) is 17.6. The van der Waals surface area contributed by atoms with Crippen molar-refractivity contribution < 1.29 is 22.4 Å². The summed E-state index contributed by atoms with van der Waals surface area (Å²) in [6.07, 6.45) is -3.18. The van der Waals surface area contributed by atoms with Crippen molar-refractivity contribution in [3.8, 4) is 0 Å². The highest BCUT2D eigenvalue weighted by atomic mass is 19.4.